The standard InChI is InChI=1S/C35H43N3O7/c1-43-33(41)31(18-24-6-3-2-4-7-24)37-35(42)36-20-25-9-15-28(16-10-25)34-44-30(21-38-17-5-8-29(38)23-40)19-32(45-34)27-13-11-26(22-39)12-14-27/h2-4,6-7,9-16,29-32,34,39-40H,5,8,17-23H2,1H3,(H2,36,37,42)/t29-,30-,31-,32+,34+/m0/s1. The molecule has 3 aromatic carbocycles. The second-order valence-corrected chi connectivity index (χ2v) is 11.7. The van der Waals surface area contributed by atoms with Crippen molar-refractivity contribution in [1.82, 2.24) is 15.5 Å². The number of urea groups is 1. The Morgan fingerprint density at radius 3 is 2.33 bits per heavy atom. The highest BCUT2D eigenvalue weighted by molar-refractivity contribution is 5.83. The topological polar surface area (TPSA) is 130 Å². The molecule has 2 aliphatic heterocycles. The summed E-state index contributed by atoms with van der Waals surface area (Å²) in [6, 6.07) is 23.8. The lowest BCUT2D eigenvalue weighted by Gasteiger charge is -2.38. The third kappa shape index (κ3) is 8.90. The highest BCUT2D eigenvalue weighted by Crippen LogP contribution is 2.38. The van der Waals surface area contributed by atoms with Crippen molar-refractivity contribution in [3.05, 3.63) is 107 Å². The molecule has 0 aliphatic carbocycles. The lowest BCUT2D eigenvalue weighted by Crippen LogP contribution is -2.47. The highest BCUT2D eigenvalue weighted by atomic mass is 16.7. The minimum atomic E-state index is -0.811. The Morgan fingerprint density at radius 1 is 0.933 bits per heavy atom. The Bertz CT molecular complexity index is 1370. The number of esters is 1. The van der Waals surface area contributed by atoms with Crippen molar-refractivity contribution in [2.45, 2.75) is 69.4 Å². The van der Waals surface area contributed by atoms with Crippen molar-refractivity contribution < 1.29 is 34.0 Å². The van der Waals surface area contributed by atoms with Gasteiger partial charge >= 0.3 is 12.0 Å². The molecule has 0 unspecified atom stereocenters. The fraction of sp³-hybridized carbons (Fsp3) is 0.429. The lowest BCUT2D eigenvalue weighted by molar-refractivity contribution is -0.253. The molecule has 10 heteroatoms. The van der Waals surface area contributed by atoms with E-state index in [0.29, 0.717) is 19.4 Å². The largest absolute Gasteiger partial charge is 0.467 e. The van der Waals surface area contributed by atoms with Crippen LogP contribution in [0.1, 0.15) is 59.5 Å². The summed E-state index contributed by atoms with van der Waals surface area (Å²) >= 11 is 0. The van der Waals surface area contributed by atoms with Crippen molar-refractivity contribution in [3.63, 3.8) is 0 Å². The van der Waals surface area contributed by atoms with Crippen LogP contribution in [0.3, 0.4) is 0 Å². The van der Waals surface area contributed by atoms with Crippen molar-refractivity contribution in [2.24, 2.45) is 0 Å². The second-order valence-electron chi connectivity index (χ2n) is 11.7. The van der Waals surface area contributed by atoms with Gasteiger partial charge in [-0.1, -0.05) is 78.9 Å². The fourth-order valence-electron chi connectivity index (χ4n) is 6.01. The van der Waals surface area contributed by atoms with Crippen molar-refractivity contribution in [2.75, 3.05) is 26.8 Å². The van der Waals surface area contributed by atoms with E-state index in [1.807, 2.05) is 78.9 Å². The van der Waals surface area contributed by atoms with Gasteiger partial charge < -0.3 is 35.1 Å². The monoisotopic (exact) mass is 617 g/mol. The molecule has 0 saturated carbocycles. The molecule has 2 aliphatic rings. The number of nitrogens with one attached hydrogen (secondary N) is 2. The van der Waals surface area contributed by atoms with E-state index in [0.717, 1.165) is 47.2 Å². The normalized spacial score (nSPS) is 22.5. The SMILES string of the molecule is COC(=O)[C@H](Cc1ccccc1)NC(=O)NCc1ccc([C@@H]2O[C@H](CN3CCC[C@H]3CO)C[C@H](c3ccc(CO)cc3)O2)cc1. The van der Waals surface area contributed by atoms with Crippen LogP contribution < -0.4 is 10.6 Å². The molecule has 3 aromatic rings. The van der Waals surface area contributed by atoms with E-state index >= 15 is 0 Å². The van der Waals surface area contributed by atoms with E-state index in [-0.39, 0.29) is 38.0 Å². The van der Waals surface area contributed by atoms with Gasteiger partial charge in [0.15, 0.2) is 6.29 Å². The van der Waals surface area contributed by atoms with Crippen molar-refractivity contribution in [1.29, 1.82) is 0 Å². The quantitative estimate of drug-likeness (QED) is 0.226. The lowest BCUT2D eigenvalue weighted by atomic mass is 9.99. The van der Waals surface area contributed by atoms with Crippen LogP contribution in [-0.2, 0) is 38.6 Å². The first-order valence-electron chi connectivity index (χ1n) is 15.6. The summed E-state index contributed by atoms with van der Waals surface area (Å²) in [5, 5.41) is 24.9. The third-order valence-electron chi connectivity index (χ3n) is 8.54. The van der Waals surface area contributed by atoms with Gasteiger partial charge in [0, 0.05) is 37.5 Å². The van der Waals surface area contributed by atoms with Crippen molar-refractivity contribution >= 4 is 12.0 Å². The van der Waals surface area contributed by atoms with Crippen LogP contribution in [-0.4, -0.2) is 72.1 Å². The predicted octanol–water partition coefficient (Wildman–Crippen LogP) is 3.76. The minimum absolute atomic E-state index is 0.0138. The molecule has 0 radical (unpaired) electrons. The highest BCUT2D eigenvalue weighted by Gasteiger charge is 2.35. The van der Waals surface area contributed by atoms with Crippen molar-refractivity contribution in [3.8, 4) is 0 Å². The summed E-state index contributed by atoms with van der Waals surface area (Å²) < 4.78 is 17.8. The van der Waals surface area contributed by atoms with Gasteiger partial charge in [-0.2, -0.15) is 0 Å². The maximum atomic E-state index is 12.7. The molecule has 45 heavy (non-hydrogen) atoms. The first-order chi connectivity index (χ1) is 21.9. The first-order valence-corrected chi connectivity index (χ1v) is 15.6. The Balaban J connectivity index is 1.21. The van der Waals surface area contributed by atoms with Crippen LogP contribution in [0.4, 0.5) is 4.79 Å². The second kappa shape index (κ2) is 16.0. The molecule has 0 spiro atoms. The molecule has 2 saturated heterocycles. The van der Waals surface area contributed by atoms with Crippen LogP contribution in [0.5, 0.6) is 0 Å². The number of benzene rings is 3. The predicted molar refractivity (Wildman–Crippen MR) is 168 cm³/mol. The molecular weight excluding hydrogens is 574 g/mol. The number of methoxy groups -OCH3 is 1. The molecule has 5 rings (SSSR count). The van der Waals surface area contributed by atoms with Gasteiger partial charge in [-0.05, 0) is 41.6 Å². The van der Waals surface area contributed by atoms with Gasteiger partial charge in [0.25, 0.3) is 0 Å². The van der Waals surface area contributed by atoms with Crippen LogP contribution in [0.2, 0.25) is 0 Å². The summed E-state index contributed by atoms with van der Waals surface area (Å²) in [4.78, 5) is 27.3. The number of carbonyl (C=O) groups is 2. The number of aliphatic hydroxyl groups excluding tert-OH is 2. The van der Waals surface area contributed by atoms with Gasteiger partial charge in [-0.3, -0.25) is 4.90 Å². The third-order valence-corrected chi connectivity index (χ3v) is 8.54. The molecule has 0 aromatic heterocycles. The maximum absolute atomic E-state index is 12.7. The van der Waals surface area contributed by atoms with Gasteiger partial charge in [0.05, 0.1) is 32.5 Å². The van der Waals surface area contributed by atoms with E-state index in [2.05, 4.69) is 15.5 Å². The number of carbonyl (C=O) groups excluding carboxylic acids is 2. The summed E-state index contributed by atoms with van der Waals surface area (Å²) in [5.41, 5.74) is 4.51. The minimum Gasteiger partial charge on any atom is -0.467 e. The Hall–Kier alpha value is -3.80. The average Bonchev–Trinajstić information content (AvgIpc) is 3.54. The van der Waals surface area contributed by atoms with Crippen LogP contribution in [0, 0.1) is 0 Å². The smallest absolute Gasteiger partial charge is 0.328 e. The maximum Gasteiger partial charge on any atom is 0.328 e. The summed E-state index contributed by atoms with van der Waals surface area (Å²) in [6.45, 7) is 2.04. The number of amides is 2. The van der Waals surface area contributed by atoms with E-state index < -0.39 is 24.3 Å². The molecule has 2 heterocycles. The molecule has 4 N–H and O–H groups in total. The van der Waals surface area contributed by atoms with E-state index in [1.165, 1.54) is 7.11 Å². The molecule has 2 fully saturated rings. The van der Waals surface area contributed by atoms with Gasteiger partial charge in [0.1, 0.15) is 6.04 Å². The van der Waals surface area contributed by atoms with Gasteiger partial charge in [-0.25, -0.2) is 9.59 Å². The zero-order valence-electron chi connectivity index (χ0n) is 25.6. The summed E-state index contributed by atoms with van der Waals surface area (Å²) in [6.07, 6.45) is 2.17. The Kier molecular flexibility index (Phi) is 11.6. The van der Waals surface area contributed by atoms with Crippen LogP contribution in [0.25, 0.3) is 0 Å². The van der Waals surface area contributed by atoms with Gasteiger partial charge in [0.2, 0.25) is 0 Å². The molecule has 0 bridgehead atoms. The molecular formula is C35H43N3O7. The molecule has 240 valence electrons. The molecule has 10 nitrogen and oxygen atoms in total. The number of rotatable bonds is 12. The number of hydrogen-bond donors (Lipinski definition) is 4. The zero-order valence-corrected chi connectivity index (χ0v) is 25.6. The number of ether oxygens (including phenoxy) is 3. The number of aliphatic hydroxyl groups is 2. The molecule has 2 amide bonds. The number of likely N-dealkylation sites (tertiary alicyclic amines) is 1. The summed E-state index contributed by atoms with van der Waals surface area (Å²) in [5.74, 6) is -0.511. The van der Waals surface area contributed by atoms with E-state index in [9.17, 15) is 19.8 Å². The zero-order chi connectivity index (χ0) is 31.6. The fourth-order valence-corrected chi connectivity index (χ4v) is 6.01. The first kappa shape index (κ1) is 32.6. The number of nitrogens with zero attached hydrogens (tertiary/aromatic N) is 1. The number of hydrogen-bond acceptors (Lipinski definition) is 8. The Labute approximate surface area is 264 Å². The van der Waals surface area contributed by atoms with E-state index in [1.54, 1.807) is 0 Å². The van der Waals surface area contributed by atoms with Crippen LogP contribution in [0.15, 0.2) is 78.9 Å². The molecule has 5 atom stereocenters. The Morgan fingerprint density at radius 2 is 1.64 bits per heavy atom. The summed E-state index contributed by atoms with van der Waals surface area (Å²) in [7, 11) is 1.30. The average molecular weight is 618 g/mol. The van der Waals surface area contributed by atoms with Crippen LogP contribution >= 0.6 is 0 Å². The van der Waals surface area contributed by atoms with E-state index in [4.69, 9.17) is 14.2 Å². The van der Waals surface area contributed by atoms with Gasteiger partial charge in [-0.15, -0.1) is 0 Å².